The minimum atomic E-state index is -0.976. The number of hydrogen-bond donors (Lipinski definition) is 5. The molecule has 0 aliphatic carbocycles. The van der Waals surface area contributed by atoms with Crippen molar-refractivity contribution in [1.82, 2.24) is 20.8 Å². The number of rotatable bonds is 1. The first-order valence-electron chi connectivity index (χ1n) is 3.68. The van der Waals surface area contributed by atoms with Gasteiger partial charge in [-0.05, 0) is 0 Å². The van der Waals surface area contributed by atoms with Gasteiger partial charge in [-0.2, -0.15) is 0 Å². The van der Waals surface area contributed by atoms with Crippen LogP contribution in [0, 0.1) is 0 Å². The van der Waals surface area contributed by atoms with Gasteiger partial charge in [0.1, 0.15) is 5.69 Å². The molecule has 15 heavy (non-hydrogen) atoms. The summed E-state index contributed by atoms with van der Waals surface area (Å²) >= 11 is 0. The summed E-state index contributed by atoms with van der Waals surface area (Å²) in [4.78, 5) is 46.8. The molecule has 0 bridgehead atoms. The number of urea groups is 1. The summed E-state index contributed by atoms with van der Waals surface area (Å²) in [5.74, 6) is -0.864. The standard InChI is InChI=1S/C6H7N5O4/c7-5(14)11-10-4(13)2-1-3(12)9-6(15)8-2/h1H,(H,10,13)(H3,7,11,14)(H2,8,9,12,15). The summed E-state index contributed by atoms with van der Waals surface area (Å²) in [5.41, 5.74) is 6.47. The Morgan fingerprint density at radius 1 is 1.20 bits per heavy atom. The molecule has 0 saturated carbocycles. The summed E-state index contributed by atoms with van der Waals surface area (Å²) in [5, 5.41) is 0. The third-order valence-electron chi connectivity index (χ3n) is 1.30. The molecule has 0 saturated heterocycles. The number of hydrogen-bond acceptors (Lipinski definition) is 4. The fourth-order valence-electron chi connectivity index (χ4n) is 0.777. The van der Waals surface area contributed by atoms with E-state index in [9.17, 15) is 19.2 Å². The Balaban J connectivity index is 2.87. The Labute approximate surface area is 81.7 Å². The van der Waals surface area contributed by atoms with Crippen LogP contribution >= 0.6 is 0 Å². The van der Waals surface area contributed by atoms with E-state index in [1.807, 2.05) is 10.4 Å². The van der Waals surface area contributed by atoms with Crippen LogP contribution in [0.15, 0.2) is 15.7 Å². The molecule has 0 aliphatic heterocycles. The molecule has 0 aliphatic rings. The Kier molecular flexibility index (Phi) is 2.86. The molecule has 0 unspecified atom stereocenters. The molecular formula is C6H7N5O4. The first-order chi connectivity index (χ1) is 6.99. The largest absolute Gasteiger partial charge is 0.350 e. The lowest BCUT2D eigenvalue weighted by Crippen LogP contribution is -2.45. The van der Waals surface area contributed by atoms with Crippen LogP contribution in [0.5, 0.6) is 0 Å². The van der Waals surface area contributed by atoms with Crippen LogP contribution in [0.2, 0.25) is 0 Å². The van der Waals surface area contributed by atoms with Crippen LogP contribution in [0.1, 0.15) is 10.5 Å². The normalized spacial score (nSPS) is 9.33. The average Bonchev–Trinajstić information content (AvgIpc) is 2.12. The van der Waals surface area contributed by atoms with Crippen LogP contribution in [0.3, 0.4) is 0 Å². The quantitative estimate of drug-likeness (QED) is 0.324. The molecule has 0 atom stereocenters. The Hall–Kier alpha value is -2.58. The van der Waals surface area contributed by atoms with Gasteiger partial charge in [0.25, 0.3) is 11.5 Å². The maximum absolute atomic E-state index is 11.1. The highest BCUT2D eigenvalue weighted by molar-refractivity contribution is 5.93. The van der Waals surface area contributed by atoms with Crippen molar-refractivity contribution in [1.29, 1.82) is 0 Å². The monoisotopic (exact) mass is 213 g/mol. The zero-order valence-corrected chi connectivity index (χ0v) is 7.29. The van der Waals surface area contributed by atoms with Crippen LogP contribution in [-0.2, 0) is 0 Å². The van der Waals surface area contributed by atoms with E-state index in [0.29, 0.717) is 0 Å². The van der Waals surface area contributed by atoms with Crippen molar-refractivity contribution in [2.45, 2.75) is 0 Å². The molecule has 1 heterocycles. The van der Waals surface area contributed by atoms with E-state index in [-0.39, 0.29) is 5.69 Å². The molecule has 1 aromatic heterocycles. The zero-order chi connectivity index (χ0) is 11.4. The van der Waals surface area contributed by atoms with Crippen LogP contribution < -0.4 is 27.8 Å². The van der Waals surface area contributed by atoms with Crippen molar-refractivity contribution >= 4 is 11.9 Å². The molecule has 3 amide bonds. The SMILES string of the molecule is NC(=O)NNC(=O)c1cc(=O)[nH]c(=O)[nH]1. The molecule has 1 rings (SSSR count). The smallest absolute Gasteiger partial charge is 0.330 e. The zero-order valence-electron chi connectivity index (χ0n) is 7.29. The number of hydrazine groups is 1. The number of H-pyrrole nitrogens is 2. The van der Waals surface area contributed by atoms with E-state index < -0.39 is 23.2 Å². The van der Waals surface area contributed by atoms with E-state index in [1.54, 1.807) is 5.43 Å². The minimum absolute atomic E-state index is 0.294. The molecule has 0 spiro atoms. The van der Waals surface area contributed by atoms with Gasteiger partial charge >= 0.3 is 11.7 Å². The van der Waals surface area contributed by atoms with Gasteiger partial charge in [0.05, 0.1) is 0 Å². The highest BCUT2D eigenvalue weighted by Crippen LogP contribution is 1.82. The van der Waals surface area contributed by atoms with Crippen LogP contribution in [0.25, 0.3) is 0 Å². The summed E-state index contributed by atoms with van der Waals surface area (Å²) in [6.45, 7) is 0. The van der Waals surface area contributed by atoms with Gasteiger partial charge in [0.15, 0.2) is 0 Å². The van der Waals surface area contributed by atoms with Gasteiger partial charge in [-0.15, -0.1) is 0 Å². The highest BCUT2D eigenvalue weighted by atomic mass is 16.2. The van der Waals surface area contributed by atoms with E-state index in [2.05, 4.69) is 10.7 Å². The van der Waals surface area contributed by atoms with Gasteiger partial charge in [-0.1, -0.05) is 0 Å². The number of aromatic amines is 2. The third kappa shape index (κ3) is 2.99. The number of carbonyl (C=O) groups excluding carboxylic acids is 2. The second-order valence-corrected chi connectivity index (χ2v) is 2.44. The van der Waals surface area contributed by atoms with Gasteiger partial charge in [-0.25, -0.2) is 15.0 Å². The average molecular weight is 213 g/mol. The van der Waals surface area contributed by atoms with Crippen molar-refractivity contribution in [3.63, 3.8) is 0 Å². The lowest BCUT2D eigenvalue weighted by Gasteiger charge is -2.03. The van der Waals surface area contributed by atoms with Crippen molar-refractivity contribution in [2.75, 3.05) is 0 Å². The maximum Gasteiger partial charge on any atom is 0.330 e. The number of amides is 3. The lowest BCUT2D eigenvalue weighted by atomic mass is 10.4. The first-order valence-corrected chi connectivity index (χ1v) is 3.68. The predicted molar refractivity (Wildman–Crippen MR) is 47.9 cm³/mol. The summed E-state index contributed by atoms with van der Waals surface area (Å²) in [6, 6.07) is -0.116. The predicted octanol–water partition coefficient (Wildman–Crippen LogP) is -2.62. The number of nitrogens with two attached hydrogens (primary N) is 1. The maximum atomic E-state index is 11.1. The minimum Gasteiger partial charge on any atom is -0.350 e. The molecule has 0 fully saturated rings. The molecule has 6 N–H and O–H groups in total. The van der Waals surface area contributed by atoms with Crippen LogP contribution in [0.4, 0.5) is 4.79 Å². The number of primary amides is 1. The van der Waals surface area contributed by atoms with E-state index in [1.165, 1.54) is 0 Å². The van der Waals surface area contributed by atoms with Crippen molar-refractivity contribution < 1.29 is 9.59 Å². The van der Waals surface area contributed by atoms with Crippen molar-refractivity contribution in [3.05, 3.63) is 32.6 Å². The number of aromatic nitrogens is 2. The van der Waals surface area contributed by atoms with Gasteiger partial charge in [-0.3, -0.25) is 20.0 Å². The molecule has 1 aromatic rings. The summed E-state index contributed by atoms with van der Waals surface area (Å²) in [7, 11) is 0. The molecule has 0 aromatic carbocycles. The van der Waals surface area contributed by atoms with E-state index in [4.69, 9.17) is 0 Å². The molecular weight excluding hydrogens is 206 g/mol. The van der Waals surface area contributed by atoms with Crippen molar-refractivity contribution in [2.24, 2.45) is 5.73 Å². The second-order valence-electron chi connectivity index (χ2n) is 2.44. The second kappa shape index (κ2) is 4.09. The van der Waals surface area contributed by atoms with Crippen molar-refractivity contribution in [3.8, 4) is 0 Å². The fourth-order valence-corrected chi connectivity index (χ4v) is 0.777. The van der Waals surface area contributed by atoms with Gasteiger partial charge in [0, 0.05) is 6.07 Å². The molecule has 9 heteroatoms. The topological polar surface area (TPSA) is 150 Å². The van der Waals surface area contributed by atoms with E-state index >= 15 is 0 Å². The fraction of sp³-hybridized carbons (Fsp3) is 0. The third-order valence-corrected chi connectivity index (χ3v) is 1.30. The first kappa shape index (κ1) is 10.5. The Morgan fingerprint density at radius 2 is 1.87 bits per heavy atom. The van der Waals surface area contributed by atoms with Gasteiger partial charge < -0.3 is 10.7 Å². The van der Waals surface area contributed by atoms with E-state index in [0.717, 1.165) is 6.07 Å². The molecule has 9 nitrogen and oxygen atoms in total. The number of nitrogens with one attached hydrogen (secondary N) is 4. The van der Waals surface area contributed by atoms with Gasteiger partial charge in [0.2, 0.25) is 0 Å². The lowest BCUT2D eigenvalue weighted by molar-refractivity contribution is 0.0931. The summed E-state index contributed by atoms with van der Waals surface area (Å²) in [6.07, 6.45) is 0. The molecule has 80 valence electrons. The number of carbonyl (C=O) groups is 2. The van der Waals surface area contributed by atoms with Crippen LogP contribution in [-0.4, -0.2) is 21.9 Å². The summed E-state index contributed by atoms with van der Waals surface area (Å²) < 4.78 is 0. The molecule has 0 radical (unpaired) electrons. The Bertz CT molecular complexity index is 472. The highest BCUT2D eigenvalue weighted by Gasteiger charge is 2.07. The Morgan fingerprint density at radius 3 is 2.40 bits per heavy atom.